The number of hydrogen-bond donors (Lipinski definition) is 0. The molecule has 1 aliphatic heterocycles. The Morgan fingerprint density at radius 3 is 3.06 bits per heavy atom. The fraction of sp³-hybridized carbons (Fsp3) is 0.571. The second-order valence-electron chi connectivity index (χ2n) is 4.71. The van der Waals surface area contributed by atoms with Gasteiger partial charge < -0.3 is 4.90 Å². The maximum Gasteiger partial charge on any atom is 0.148 e. The van der Waals surface area contributed by atoms with Gasteiger partial charge in [0.1, 0.15) is 16.9 Å². The molecule has 0 spiro atoms. The van der Waals surface area contributed by atoms with Crippen LogP contribution in [-0.2, 0) is 0 Å². The lowest BCUT2D eigenvalue weighted by atomic mass is 10.1. The molecular weight excluding hydrogens is 246 g/mol. The summed E-state index contributed by atoms with van der Waals surface area (Å²) in [5, 5.41) is 9.54. The molecule has 0 N–H and O–H groups in total. The molecule has 0 radical (unpaired) electrons. The van der Waals surface area contributed by atoms with Gasteiger partial charge in [0.15, 0.2) is 0 Å². The average Bonchev–Trinajstić information content (AvgIpc) is 2.64. The number of halogens is 1. The Morgan fingerprint density at radius 1 is 1.50 bits per heavy atom. The monoisotopic (exact) mass is 263 g/mol. The maximum absolute atomic E-state index is 9.04. The van der Waals surface area contributed by atoms with Crippen molar-refractivity contribution in [2.24, 2.45) is 0 Å². The van der Waals surface area contributed by atoms with Crippen LogP contribution in [0.1, 0.15) is 44.6 Å². The summed E-state index contributed by atoms with van der Waals surface area (Å²) in [6.07, 6.45) is 7.66. The molecule has 3 nitrogen and oxygen atoms in total. The Balaban J connectivity index is 2.36. The third-order valence-electron chi connectivity index (χ3n) is 3.61. The summed E-state index contributed by atoms with van der Waals surface area (Å²) in [4.78, 5) is 6.68. The van der Waals surface area contributed by atoms with E-state index in [4.69, 9.17) is 16.9 Å². The number of aromatic nitrogens is 1. The van der Waals surface area contributed by atoms with Gasteiger partial charge in [0.05, 0.1) is 5.56 Å². The molecule has 0 aliphatic carbocycles. The van der Waals surface area contributed by atoms with Gasteiger partial charge in [-0.05, 0) is 25.3 Å². The summed E-state index contributed by atoms with van der Waals surface area (Å²) in [5.41, 5.74) is 0.515. The molecule has 1 aromatic heterocycles. The predicted octanol–water partition coefficient (Wildman–Crippen LogP) is 3.77. The van der Waals surface area contributed by atoms with Gasteiger partial charge in [0.2, 0.25) is 0 Å². The molecule has 2 rings (SSSR count). The molecule has 0 amide bonds. The molecule has 1 atom stereocenters. The standard InChI is InChI=1S/C14H18ClN3/c1-2-12-6-4-3-5-9-18(12)14-13(15)11(10-16)7-8-17-14/h7-8,12H,2-6,9H2,1H3. The zero-order chi connectivity index (χ0) is 13.0. The Morgan fingerprint density at radius 2 is 2.33 bits per heavy atom. The number of hydrogen-bond acceptors (Lipinski definition) is 3. The highest BCUT2D eigenvalue weighted by atomic mass is 35.5. The van der Waals surface area contributed by atoms with Crippen molar-refractivity contribution >= 4 is 17.4 Å². The Kier molecular flexibility index (Phi) is 4.43. The van der Waals surface area contributed by atoms with Gasteiger partial charge in [0.25, 0.3) is 0 Å². The summed E-state index contributed by atoms with van der Waals surface area (Å²) in [6.45, 7) is 3.19. The van der Waals surface area contributed by atoms with Crippen LogP contribution in [0.15, 0.2) is 12.3 Å². The van der Waals surface area contributed by atoms with Crippen molar-refractivity contribution in [1.82, 2.24) is 4.98 Å². The minimum absolute atomic E-state index is 0.492. The van der Waals surface area contributed by atoms with Crippen LogP contribution in [-0.4, -0.2) is 17.6 Å². The number of rotatable bonds is 2. The van der Waals surface area contributed by atoms with Gasteiger partial charge in [-0.15, -0.1) is 0 Å². The van der Waals surface area contributed by atoms with Crippen molar-refractivity contribution in [3.8, 4) is 6.07 Å². The van der Waals surface area contributed by atoms with Crippen LogP contribution in [0.25, 0.3) is 0 Å². The van der Waals surface area contributed by atoms with Gasteiger partial charge in [0, 0.05) is 18.8 Å². The molecule has 0 aromatic carbocycles. The van der Waals surface area contributed by atoms with Crippen molar-refractivity contribution in [1.29, 1.82) is 5.26 Å². The molecule has 1 fully saturated rings. The lowest BCUT2D eigenvalue weighted by Gasteiger charge is -2.31. The normalized spacial score (nSPS) is 20.3. The predicted molar refractivity (Wildman–Crippen MR) is 73.9 cm³/mol. The average molecular weight is 264 g/mol. The highest BCUT2D eigenvalue weighted by molar-refractivity contribution is 6.34. The summed E-state index contributed by atoms with van der Waals surface area (Å²) in [6, 6.07) is 4.29. The molecule has 4 heteroatoms. The van der Waals surface area contributed by atoms with E-state index in [2.05, 4.69) is 22.9 Å². The lowest BCUT2D eigenvalue weighted by Crippen LogP contribution is -2.35. The molecule has 1 aliphatic rings. The van der Waals surface area contributed by atoms with Gasteiger partial charge >= 0.3 is 0 Å². The molecule has 96 valence electrons. The highest BCUT2D eigenvalue weighted by Gasteiger charge is 2.23. The Bertz CT molecular complexity index is 453. The first-order valence-electron chi connectivity index (χ1n) is 6.59. The third kappa shape index (κ3) is 2.59. The van der Waals surface area contributed by atoms with Crippen molar-refractivity contribution in [2.45, 2.75) is 45.1 Å². The van der Waals surface area contributed by atoms with E-state index < -0.39 is 0 Å². The Hall–Kier alpha value is -1.27. The van der Waals surface area contributed by atoms with E-state index in [1.165, 1.54) is 25.7 Å². The SMILES string of the molecule is CCC1CCCCCN1c1nccc(C#N)c1Cl. The van der Waals surface area contributed by atoms with Crippen molar-refractivity contribution in [3.05, 3.63) is 22.8 Å². The second-order valence-corrected chi connectivity index (χ2v) is 5.09. The quantitative estimate of drug-likeness (QED) is 0.816. The molecular formula is C14H18ClN3. The van der Waals surface area contributed by atoms with E-state index in [1.807, 2.05) is 0 Å². The van der Waals surface area contributed by atoms with E-state index in [0.717, 1.165) is 18.8 Å². The molecule has 2 heterocycles. The Labute approximate surface area is 113 Å². The topological polar surface area (TPSA) is 39.9 Å². The molecule has 1 unspecified atom stereocenters. The van der Waals surface area contributed by atoms with Crippen molar-refractivity contribution < 1.29 is 0 Å². The first kappa shape index (κ1) is 13.2. The zero-order valence-electron chi connectivity index (χ0n) is 10.7. The van der Waals surface area contributed by atoms with E-state index >= 15 is 0 Å². The number of nitriles is 1. The lowest BCUT2D eigenvalue weighted by molar-refractivity contribution is 0.552. The van der Waals surface area contributed by atoms with Crippen LogP contribution in [0.2, 0.25) is 5.02 Å². The van der Waals surface area contributed by atoms with E-state index in [-0.39, 0.29) is 0 Å². The van der Waals surface area contributed by atoms with Crippen LogP contribution in [0.4, 0.5) is 5.82 Å². The molecule has 18 heavy (non-hydrogen) atoms. The van der Waals surface area contributed by atoms with E-state index in [9.17, 15) is 0 Å². The van der Waals surface area contributed by atoms with Crippen LogP contribution >= 0.6 is 11.6 Å². The number of pyridine rings is 1. The number of nitrogens with zero attached hydrogens (tertiary/aromatic N) is 3. The van der Waals surface area contributed by atoms with E-state index in [0.29, 0.717) is 16.6 Å². The minimum atomic E-state index is 0.492. The summed E-state index contributed by atoms with van der Waals surface area (Å²) < 4.78 is 0. The van der Waals surface area contributed by atoms with Crippen LogP contribution in [0.3, 0.4) is 0 Å². The van der Waals surface area contributed by atoms with Crippen molar-refractivity contribution in [2.75, 3.05) is 11.4 Å². The van der Waals surface area contributed by atoms with Gasteiger partial charge in [-0.2, -0.15) is 5.26 Å². The maximum atomic E-state index is 9.04. The summed E-state index contributed by atoms with van der Waals surface area (Å²) in [7, 11) is 0. The van der Waals surface area contributed by atoms with Crippen LogP contribution in [0.5, 0.6) is 0 Å². The van der Waals surface area contributed by atoms with Crippen molar-refractivity contribution in [3.63, 3.8) is 0 Å². The van der Waals surface area contributed by atoms with Crippen LogP contribution in [0, 0.1) is 11.3 Å². The number of anilines is 1. The fourth-order valence-corrected chi connectivity index (χ4v) is 2.86. The molecule has 1 saturated heterocycles. The second kappa shape index (κ2) is 6.06. The zero-order valence-corrected chi connectivity index (χ0v) is 11.5. The smallest absolute Gasteiger partial charge is 0.148 e. The molecule has 1 aromatic rings. The first-order valence-corrected chi connectivity index (χ1v) is 6.97. The third-order valence-corrected chi connectivity index (χ3v) is 3.98. The van der Waals surface area contributed by atoms with E-state index in [1.54, 1.807) is 12.3 Å². The van der Waals surface area contributed by atoms with Crippen LogP contribution < -0.4 is 4.90 Å². The van der Waals surface area contributed by atoms with Gasteiger partial charge in [-0.3, -0.25) is 0 Å². The largest absolute Gasteiger partial charge is 0.352 e. The minimum Gasteiger partial charge on any atom is -0.352 e. The van der Waals surface area contributed by atoms with Gasteiger partial charge in [-0.25, -0.2) is 4.98 Å². The van der Waals surface area contributed by atoms with Gasteiger partial charge in [-0.1, -0.05) is 31.4 Å². The fourth-order valence-electron chi connectivity index (χ4n) is 2.60. The molecule has 0 saturated carbocycles. The highest BCUT2D eigenvalue weighted by Crippen LogP contribution is 2.31. The summed E-state index contributed by atoms with van der Waals surface area (Å²) in [5.74, 6) is 0.782. The molecule has 0 bridgehead atoms. The first-order chi connectivity index (χ1) is 8.77. The summed E-state index contributed by atoms with van der Waals surface area (Å²) >= 11 is 6.29.